The molecule has 0 atom stereocenters. The van der Waals surface area contributed by atoms with E-state index >= 15 is 0 Å². The molecule has 0 aliphatic rings. The smallest absolute Gasteiger partial charge is 0.302 e. The summed E-state index contributed by atoms with van der Waals surface area (Å²) in [6.45, 7) is 0.206. The molecule has 7 nitrogen and oxygen atoms in total. The molecule has 1 heterocycles. The maximum absolute atomic E-state index is 12.0. The summed E-state index contributed by atoms with van der Waals surface area (Å²) in [5.41, 5.74) is 2.01. The molecule has 0 saturated carbocycles. The Bertz CT molecular complexity index is 1170. The fraction of sp³-hybridized carbons (Fsp3) is 0.0870. The summed E-state index contributed by atoms with van der Waals surface area (Å²) in [7, 11) is 0. The minimum Gasteiger partial charge on any atom is -0.493 e. The second-order valence-electron chi connectivity index (χ2n) is 6.50. The molecule has 4 rings (SSSR count). The molecule has 0 aliphatic heterocycles. The Morgan fingerprint density at radius 3 is 2.30 bits per heavy atom. The number of amides is 1. The van der Waals surface area contributed by atoms with Gasteiger partial charge in [0, 0.05) is 5.39 Å². The molecule has 0 aliphatic carbocycles. The molecule has 2 N–H and O–H groups in total. The molecule has 3 aromatic carbocycles. The number of H-pyrrole nitrogens is 1. The Kier molecular flexibility index (Phi) is 5.70. The van der Waals surface area contributed by atoms with Crippen LogP contribution in [0.2, 0.25) is 0 Å². The zero-order valence-corrected chi connectivity index (χ0v) is 16.0. The average Bonchev–Trinajstić information content (AvgIpc) is 3.11. The minimum atomic E-state index is -0.566. The van der Waals surface area contributed by atoms with Crippen molar-refractivity contribution in [3.8, 4) is 17.4 Å². The van der Waals surface area contributed by atoms with Gasteiger partial charge in [0.25, 0.3) is 0 Å². The van der Waals surface area contributed by atoms with Gasteiger partial charge in [-0.05, 0) is 35.9 Å². The van der Waals surface area contributed by atoms with Crippen molar-refractivity contribution in [3.05, 3.63) is 84.4 Å². The summed E-state index contributed by atoms with van der Waals surface area (Å²) in [4.78, 5) is 14.8. The van der Waals surface area contributed by atoms with Gasteiger partial charge < -0.3 is 19.6 Å². The third kappa shape index (κ3) is 4.64. The second kappa shape index (κ2) is 8.91. The number of para-hydroxylation sites is 1. The van der Waals surface area contributed by atoms with E-state index in [-0.39, 0.29) is 18.2 Å². The van der Waals surface area contributed by atoms with Crippen molar-refractivity contribution >= 4 is 22.5 Å². The highest BCUT2D eigenvalue weighted by Gasteiger charge is 2.10. The Hall–Kier alpha value is -4.13. The number of hydrogen-bond donors (Lipinski definition) is 2. The van der Waals surface area contributed by atoms with Crippen molar-refractivity contribution in [1.29, 1.82) is 0 Å². The lowest BCUT2D eigenvalue weighted by molar-refractivity contribution is -0.120. The van der Waals surface area contributed by atoms with Crippen molar-refractivity contribution < 1.29 is 19.4 Å². The largest absolute Gasteiger partial charge is 0.493 e. The number of ether oxygens (including phenoxy) is 2. The molecule has 0 fully saturated rings. The summed E-state index contributed by atoms with van der Waals surface area (Å²) in [5.74, 6) is 0.511. The van der Waals surface area contributed by atoms with E-state index in [2.05, 4.69) is 15.2 Å². The summed E-state index contributed by atoms with van der Waals surface area (Å²) in [6, 6.07) is 24.1. The molecule has 0 bridgehead atoms. The van der Waals surface area contributed by atoms with E-state index in [1.165, 1.54) is 0 Å². The van der Waals surface area contributed by atoms with Gasteiger partial charge >= 0.3 is 5.91 Å². The van der Waals surface area contributed by atoms with Gasteiger partial charge in [0.15, 0.2) is 12.3 Å². The molecule has 30 heavy (non-hydrogen) atoms. The third-order valence-electron chi connectivity index (χ3n) is 4.36. The topological polar surface area (TPSA) is 96.3 Å². The molecule has 0 spiro atoms. The van der Waals surface area contributed by atoms with Crippen LogP contribution in [-0.2, 0) is 11.4 Å². The number of carbonyl (C=O) groups excluding carboxylic acids is 1. The molecule has 0 unspecified atom stereocenters. The Morgan fingerprint density at radius 1 is 0.867 bits per heavy atom. The lowest BCUT2D eigenvalue weighted by Crippen LogP contribution is -2.07. The number of rotatable bonds is 7. The Labute approximate surface area is 172 Å². The summed E-state index contributed by atoms with van der Waals surface area (Å²) < 4.78 is 11.2. The lowest BCUT2D eigenvalue weighted by Gasteiger charge is -2.07. The first kappa shape index (κ1) is 19.2. The number of fused-ring (bicyclic) bond motifs is 1. The quantitative estimate of drug-likeness (QED) is 0.419. The number of nitrogens with zero attached hydrogens (tertiary/aromatic N) is 2. The van der Waals surface area contributed by atoms with Gasteiger partial charge in [-0.1, -0.05) is 48.5 Å². The van der Waals surface area contributed by atoms with Gasteiger partial charge in [0.2, 0.25) is 5.88 Å². The van der Waals surface area contributed by atoms with Crippen LogP contribution in [0.5, 0.6) is 17.4 Å². The molecule has 4 aromatic rings. The van der Waals surface area contributed by atoms with E-state index in [9.17, 15) is 9.90 Å². The molecule has 0 saturated heterocycles. The van der Waals surface area contributed by atoms with Crippen LogP contribution in [0.3, 0.4) is 0 Å². The van der Waals surface area contributed by atoms with Crippen LogP contribution in [-0.4, -0.2) is 22.6 Å². The number of hydrogen-bond acceptors (Lipinski definition) is 5. The van der Waals surface area contributed by atoms with E-state index in [1.54, 1.807) is 36.4 Å². The second-order valence-corrected chi connectivity index (χ2v) is 6.50. The van der Waals surface area contributed by atoms with Gasteiger partial charge in [-0.2, -0.15) is 0 Å². The third-order valence-corrected chi connectivity index (χ3v) is 4.36. The maximum atomic E-state index is 12.0. The summed E-state index contributed by atoms with van der Waals surface area (Å²) in [5, 5.41) is 18.1. The normalized spacial score (nSPS) is 11.1. The number of aromatic amines is 1. The number of benzene rings is 3. The fourth-order valence-electron chi connectivity index (χ4n) is 2.87. The molecule has 1 aromatic heterocycles. The van der Waals surface area contributed by atoms with Crippen LogP contribution in [0.4, 0.5) is 5.69 Å². The molecular formula is C23H19N3O4. The first-order valence-electron chi connectivity index (χ1n) is 9.33. The van der Waals surface area contributed by atoms with Crippen molar-refractivity contribution in [2.24, 2.45) is 10.2 Å². The highest BCUT2D eigenvalue weighted by molar-refractivity contribution is 5.94. The number of azo groups is 1. The van der Waals surface area contributed by atoms with Crippen molar-refractivity contribution in [2.45, 2.75) is 6.61 Å². The zero-order valence-electron chi connectivity index (χ0n) is 16.0. The highest BCUT2D eigenvalue weighted by Crippen LogP contribution is 2.35. The van der Waals surface area contributed by atoms with Crippen molar-refractivity contribution in [2.75, 3.05) is 6.61 Å². The number of aromatic nitrogens is 1. The van der Waals surface area contributed by atoms with E-state index in [1.807, 2.05) is 42.5 Å². The van der Waals surface area contributed by atoms with Crippen molar-refractivity contribution in [1.82, 2.24) is 4.98 Å². The molecular weight excluding hydrogens is 382 g/mol. The first-order chi connectivity index (χ1) is 14.7. The Balaban J connectivity index is 1.30. The van der Waals surface area contributed by atoms with Crippen LogP contribution < -0.4 is 9.47 Å². The van der Waals surface area contributed by atoms with Gasteiger partial charge in [-0.15, -0.1) is 10.2 Å². The van der Waals surface area contributed by atoms with Crippen LogP contribution in [0.25, 0.3) is 10.9 Å². The summed E-state index contributed by atoms with van der Waals surface area (Å²) in [6.07, 6.45) is 0. The van der Waals surface area contributed by atoms with Gasteiger partial charge in [0.05, 0.1) is 5.52 Å². The van der Waals surface area contributed by atoms with Gasteiger partial charge in [-0.25, -0.2) is 0 Å². The number of nitrogens with one attached hydrogen (secondary N) is 1. The first-order valence-corrected chi connectivity index (χ1v) is 9.33. The van der Waals surface area contributed by atoms with E-state index in [4.69, 9.17) is 9.47 Å². The predicted molar refractivity (Wildman–Crippen MR) is 112 cm³/mol. The number of carbonyl (C=O) groups is 1. The van der Waals surface area contributed by atoms with Gasteiger partial charge in [0.1, 0.15) is 18.1 Å². The van der Waals surface area contributed by atoms with E-state index in [0.717, 1.165) is 5.56 Å². The lowest BCUT2D eigenvalue weighted by atomic mass is 10.2. The Morgan fingerprint density at radius 2 is 1.53 bits per heavy atom. The SMILES string of the molecule is O=C(COc1ccc(OCc2ccccc2)cc1)N=Nc1c(O)[nH]c2ccccc12. The number of aromatic hydroxyl groups is 1. The van der Waals surface area contributed by atoms with Crippen LogP contribution in [0.1, 0.15) is 5.56 Å². The summed E-state index contributed by atoms with van der Waals surface area (Å²) >= 11 is 0. The molecule has 0 radical (unpaired) electrons. The maximum Gasteiger partial charge on any atom is 0.302 e. The zero-order chi connectivity index (χ0) is 20.8. The predicted octanol–water partition coefficient (Wildman–Crippen LogP) is 5.14. The average molecular weight is 401 g/mol. The standard InChI is InChI=1S/C23H19N3O4/c27-21(25-26-22-19-8-4-5-9-20(19)24-23(22)28)15-30-18-12-10-17(11-13-18)29-14-16-6-2-1-3-7-16/h1-13,24,28H,14-15H2. The van der Waals surface area contributed by atoms with Crippen LogP contribution in [0, 0.1) is 0 Å². The van der Waals surface area contributed by atoms with Crippen LogP contribution in [0.15, 0.2) is 89.1 Å². The fourth-order valence-corrected chi connectivity index (χ4v) is 2.87. The van der Waals surface area contributed by atoms with Crippen LogP contribution >= 0.6 is 0 Å². The van der Waals surface area contributed by atoms with E-state index in [0.29, 0.717) is 29.0 Å². The van der Waals surface area contributed by atoms with E-state index < -0.39 is 5.91 Å². The highest BCUT2D eigenvalue weighted by atomic mass is 16.5. The van der Waals surface area contributed by atoms with Gasteiger partial charge in [-0.3, -0.25) is 4.79 Å². The molecule has 1 amide bonds. The monoisotopic (exact) mass is 401 g/mol. The molecule has 150 valence electrons. The minimum absolute atomic E-state index is 0.139. The molecule has 7 heteroatoms. The van der Waals surface area contributed by atoms with Crippen molar-refractivity contribution in [3.63, 3.8) is 0 Å².